The lowest BCUT2D eigenvalue weighted by molar-refractivity contribution is -0.137. The molecule has 1 aliphatic heterocycles. The Kier molecular flexibility index (Phi) is 5.92. The maximum absolute atomic E-state index is 13.1. The Labute approximate surface area is 187 Å². The predicted molar refractivity (Wildman–Crippen MR) is 112 cm³/mol. The van der Waals surface area contributed by atoms with E-state index in [4.69, 9.17) is 14.2 Å². The highest BCUT2D eigenvalue weighted by atomic mass is 19.4. The minimum atomic E-state index is -4.53. The fourth-order valence-corrected chi connectivity index (χ4v) is 3.59. The van der Waals surface area contributed by atoms with Crippen LogP contribution in [0.15, 0.2) is 66.7 Å². The Morgan fingerprint density at radius 2 is 1.45 bits per heavy atom. The van der Waals surface area contributed by atoms with Gasteiger partial charge in [0.15, 0.2) is 6.29 Å². The molecule has 170 valence electrons. The number of halogens is 3. The van der Waals surface area contributed by atoms with Crippen molar-refractivity contribution in [2.75, 3.05) is 19.1 Å². The molecule has 3 aromatic rings. The van der Waals surface area contributed by atoms with E-state index in [1.807, 2.05) is 0 Å². The van der Waals surface area contributed by atoms with E-state index < -0.39 is 29.8 Å². The van der Waals surface area contributed by atoms with Gasteiger partial charge in [-0.1, -0.05) is 18.2 Å². The minimum absolute atomic E-state index is 0.0505. The number of hydrogen-bond donors (Lipinski definition) is 0. The van der Waals surface area contributed by atoms with Gasteiger partial charge in [-0.15, -0.1) is 0 Å². The summed E-state index contributed by atoms with van der Waals surface area (Å²) in [5, 5.41) is 0. The van der Waals surface area contributed by atoms with Crippen LogP contribution >= 0.6 is 0 Å². The van der Waals surface area contributed by atoms with Crippen LogP contribution in [0.1, 0.15) is 38.1 Å². The van der Waals surface area contributed by atoms with Crippen molar-refractivity contribution >= 4 is 17.5 Å². The van der Waals surface area contributed by atoms with E-state index in [1.165, 1.54) is 44.6 Å². The molecule has 4 rings (SSSR count). The van der Waals surface area contributed by atoms with Gasteiger partial charge in [-0.05, 0) is 48.5 Å². The number of anilines is 1. The minimum Gasteiger partial charge on any atom is -0.457 e. The summed E-state index contributed by atoms with van der Waals surface area (Å²) >= 11 is 0. The first-order valence-electron chi connectivity index (χ1n) is 9.77. The monoisotopic (exact) mass is 457 g/mol. The molecule has 0 atom stereocenters. The van der Waals surface area contributed by atoms with Gasteiger partial charge in [-0.25, -0.2) is 4.90 Å². The molecule has 0 saturated carbocycles. The number of ether oxygens (including phenoxy) is 3. The zero-order chi connectivity index (χ0) is 23.8. The molecule has 0 N–H and O–H groups in total. The summed E-state index contributed by atoms with van der Waals surface area (Å²) in [6, 6.07) is 15.3. The first kappa shape index (κ1) is 22.5. The number of carbonyl (C=O) groups is 2. The molecule has 0 aliphatic carbocycles. The Balaban J connectivity index is 1.74. The number of rotatable bonds is 6. The number of methoxy groups -OCH3 is 2. The van der Waals surface area contributed by atoms with Crippen LogP contribution in [0.3, 0.4) is 0 Å². The van der Waals surface area contributed by atoms with E-state index in [-0.39, 0.29) is 33.9 Å². The quantitative estimate of drug-likeness (QED) is 0.357. The third kappa shape index (κ3) is 4.20. The summed E-state index contributed by atoms with van der Waals surface area (Å²) in [5.41, 5.74) is 0.226. The average Bonchev–Trinajstić information content (AvgIpc) is 3.05. The van der Waals surface area contributed by atoms with Crippen molar-refractivity contribution in [3.05, 3.63) is 89.0 Å². The molecular formula is C24H18F3NO5. The Morgan fingerprint density at radius 1 is 0.818 bits per heavy atom. The summed E-state index contributed by atoms with van der Waals surface area (Å²) in [4.78, 5) is 26.7. The van der Waals surface area contributed by atoms with Crippen LogP contribution in [0, 0.1) is 0 Å². The molecule has 0 unspecified atom stereocenters. The number of benzene rings is 3. The van der Waals surface area contributed by atoms with E-state index >= 15 is 0 Å². The van der Waals surface area contributed by atoms with Crippen molar-refractivity contribution in [1.82, 2.24) is 0 Å². The summed E-state index contributed by atoms with van der Waals surface area (Å²) in [6.07, 6.45) is -5.50. The van der Waals surface area contributed by atoms with E-state index in [9.17, 15) is 22.8 Å². The Hall–Kier alpha value is -3.69. The topological polar surface area (TPSA) is 65.1 Å². The van der Waals surface area contributed by atoms with Gasteiger partial charge in [-0.3, -0.25) is 9.59 Å². The molecule has 9 heteroatoms. The molecule has 2 amide bonds. The van der Waals surface area contributed by atoms with Crippen LogP contribution in [-0.4, -0.2) is 26.0 Å². The molecule has 0 radical (unpaired) electrons. The standard InChI is InChI=1S/C24H18F3NO5/c1-31-23(32-2)19-13-15(28-21(29)17-8-3-4-9-18(17)22(28)30)10-11-20(19)33-16-7-5-6-14(12-16)24(25,26)27/h3-13,23H,1-2H3. The van der Waals surface area contributed by atoms with Crippen LogP contribution < -0.4 is 9.64 Å². The lowest BCUT2D eigenvalue weighted by atomic mass is 10.1. The zero-order valence-electron chi connectivity index (χ0n) is 17.6. The number of imide groups is 1. The smallest absolute Gasteiger partial charge is 0.416 e. The molecule has 0 bridgehead atoms. The largest absolute Gasteiger partial charge is 0.457 e. The van der Waals surface area contributed by atoms with E-state index in [0.717, 1.165) is 17.0 Å². The normalized spacial score (nSPS) is 13.6. The van der Waals surface area contributed by atoms with Crippen molar-refractivity contribution < 1.29 is 37.0 Å². The number of fused-ring (bicyclic) bond motifs is 1. The van der Waals surface area contributed by atoms with Crippen molar-refractivity contribution in [3.8, 4) is 11.5 Å². The molecule has 0 aromatic heterocycles. The molecule has 33 heavy (non-hydrogen) atoms. The van der Waals surface area contributed by atoms with Gasteiger partial charge < -0.3 is 14.2 Å². The van der Waals surface area contributed by atoms with Crippen molar-refractivity contribution in [2.45, 2.75) is 12.5 Å². The second kappa shape index (κ2) is 8.68. The first-order valence-corrected chi connectivity index (χ1v) is 9.77. The van der Waals surface area contributed by atoms with Gasteiger partial charge >= 0.3 is 6.18 Å². The molecule has 0 fully saturated rings. The fourth-order valence-electron chi connectivity index (χ4n) is 3.59. The zero-order valence-corrected chi connectivity index (χ0v) is 17.6. The lowest BCUT2D eigenvalue weighted by Crippen LogP contribution is -2.29. The molecule has 1 heterocycles. The van der Waals surface area contributed by atoms with Crippen molar-refractivity contribution in [2.24, 2.45) is 0 Å². The number of alkyl halides is 3. The van der Waals surface area contributed by atoms with Gasteiger partial charge in [0, 0.05) is 14.2 Å². The second-order valence-electron chi connectivity index (χ2n) is 7.14. The van der Waals surface area contributed by atoms with Crippen molar-refractivity contribution in [3.63, 3.8) is 0 Å². The fraction of sp³-hybridized carbons (Fsp3) is 0.167. The Bertz CT molecular complexity index is 1190. The third-order valence-corrected chi connectivity index (χ3v) is 5.12. The summed E-state index contributed by atoms with van der Waals surface area (Å²) < 4.78 is 55.5. The summed E-state index contributed by atoms with van der Waals surface area (Å²) in [6.45, 7) is 0. The van der Waals surface area contributed by atoms with Crippen LogP contribution in [0.4, 0.5) is 18.9 Å². The molecule has 3 aromatic carbocycles. The number of carbonyl (C=O) groups excluding carboxylic acids is 2. The van der Waals surface area contributed by atoms with E-state index in [2.05, 4.69) is 0 Å². The van der Waals surface area contributed by atoms with Crippen LogP contribution in [0.5, 0.6) is 11.5 Å². The molecule has 1 aliphatic rings. The van der Waals surface area contributed by atoms with Gasteiger partial charge in [0.25, 0.3) is 11.8 Å². The van der Waals surface area contributed by atoms with Gasteiger partial charge in [0.2, 0.25) is 0 Å². The molecule has 6 nitrogen and oxygen atoms in total. The maximum Gasteiger partial charge on any atom is 0.416 e. The second-order valence-corrected chi connectivity index (χ2v) is 7.14. The van der Waals surface area contributed by atoms with Gasteiger partial charge in [-0.2, -0.15) is 13.2 Å². The number of hydrogen-bond acceptors (Lipinski definition) is 5. The SMILES string of the molecule is COC(OC)c1cc(N2C(=O)c3ccccc3C2=O)ccc1Oc1cccc(C(F)(F)F)c1. The number of nitrogens with zero attached hydrogens (tertiary/aromatic N) is 1. The summed E-state index contributed by atoms with van der Waals surface area (Å²) in [7, 11) is 2.74. The predicted octanol–water partition coefficient (Wildman–Crippen LogP) is 5.59. The third-order valence-electron chi connectivity index (χ3n) is 5.12. The highest BCUT2D eigenvalue weighted by Gasteiger charge is 2.37. The van der Waals surface area contributed by atoms with E-state index in [0.29, 0.717) is 0 Å². The van der Waals surface area contributed by atoms with Gasteiger partial charge in [0.1, 0.15) is 11.5 Å². The maximum atomic E-state index is 13.1. The van der Waals surface area contributed by atoms with E-state index in [1.54, 1.807) is 24.3 Å². The van der Waals surface area contributed by atoms with Crippen LogP contribution in [0.25, 0.3) is 0 Å². The highest BCUT2D eigenvalue weighted by molar-refractivity contribution is 6.34. The summed E-state index contributed by atoms with van der Waals surface area (Å²) in [5.74, 6) is -0.882. The first-order chi connectivity index (χ1) is 15.7. The Morgan fingerprint density at radius 3 is 2.03 bits per heavy atom. The molecule has 0 spiro atoms. The molecular weight excluding hydrogens is 439 g/mol. The van der Waals surface area contributed by atoms with Gasteiger partial charge in [0.05, 0.1) is 27.9 Å². The average molecular weight is 457 g/mol. The van der Waals surface area contributed by atoms with Crippen LogP contribution in [0.2, 0.25) is 0 Å². The van der Waals surface area contributed by atoms with Crippen LogP contribution in [-0.2, 0) is 15.7 Å². The molecule has 0 saturated heterocycles. The highest BCUT2D eigenvalue weighted by Crippen LogP contribution is 2.38. The number of amides is 2. The lowest BCUT2D eigenvalue weighted by Gasteiger charge is -2.21. The van der Waals surface area contributed by atoms with Crippen molar-refractivity contribution in [1.29, 1.82) is 0 Å².